The van der Waals surface area contributed by atoms with Gasteiger partial charge in [-0.2, -0.15) is 0 Å². The number of para-hydroxylation sites is 1. The Balaban J connectivity index is 2.12. The lowest BCUT2D eigenvalue weighted by molar-refractivity contribution is -0.120. The van der Waals surface area contributed by atoms with Gasteiger partial charge in [0.05, 0.1) is 0 Å². The van der Waals surface area contributed by atoms with Crippen LogP contribution in [0.1, 0.15) is 35.8 Å². The summed E-state index contributed by atoms with van der Waals surface area (Å²) in [7, 11) is 0. The van der Waals surface area contributed by atoms with E-state index >= 15 is 0 Å². The maximum Gasteiger partial charge on any atom is 0.274 e. The Morgan fingerprint density at radius 1 is 1.33 bits per heavy atom. The highest BCUT2D eigenvalue weighted by Gasteiger charge is 2.27. The van der Waals surface area contributed by atoms with Crippen LogP contribution in [0.5, 0.6) is 0 Å². The van der Waals surface area contributed by atoms with Crippen molar-refractivity contribution in [3.8, 4) is 0 Å². The minimum atomic E-state index is -0.597. The molecule has 2 rings (SSSR count). The minimum absolute atomic E-state index is 0.225. The van der Waals surface area contributed by atoms with Gasteiger partial charge in [0.15, 0.2) is 0 Å². The van der Waals surface area contributed by atoms with Gasteiger partial charge in [-0.05, 0) is 25.5 Å². The Morgan fingerprint density at radius 2 is 2.04 bits per heavy atom. The van der Waals surface area contributed by atoms with Gasteiger partial charge < -0.3 is 16.0 Å². The van der Waals surface area contributed by atoms with Crippen LogP contribution in [0.2, 0.25) is 0 Å². The number of hydrogen-bond acceptors (Lipinski definition) is 5. The highest BCUT2D eigenvalue weighted by Crippen LogP contribution is 2.15. The Hall–Kier alpha value is -2.25. The van der Waals surface area contributed by atoms with E-state index in [0.29, 0.717) is 29.5 Å². The number of thiazole rings is 1. The number of nitrogens with two attached hydrogens (primary N) is 1. The van der Waals surface area contributed by atoms with Crippen molar-refractivity contribution in [3.63, 3.8) is 0 Å². The molecule has 6 nitrogen and oxygen atoms in total. The largest absolute Gasteiger partial charge is 0.326 e. The van der Waals surface area contributed by atoms with E-state index in [1.165, 1.54) is 11.3 Å². The predicted octanol–water partition coefficient (Wildman–Crippen LogP) is 2.48. The van der Waals surface area contributed by atoms with E-state index in [1.807, 2.05) is 37.3 Å². The van der Waals surface area contributed by atoms with E-state index < -0.39 is 6.04 Å². The Bertz CT molecular complexity index is 687. The molecule has 0 spiro atoms. The van der Waals surface area contributed by atoms with Gasteiger partial charge in [0, 0.05) is 24.2 Å². The molecular weight excluding hydrogens is 324 g/mol. The van der Waals surface area contributed by atoms with Gasteiger partial charge in [0.25, 0.3) is 5.91 Å². The molecule has 1 heterocycles. The quantitative estimate of drug-likeness (QED) is 0.806. The summed E-state index contributed by atoms with van der Waals surface area (Å²) in [5, 5.41) is 5.23. The molecule has 0 aliphatic heterocycles. The fraction of sp³-hybridized carbons (Fsp3) is 0.353. The molecule has 0 radical (unpaired) electrons. The molecule has 0 fully saturated rings. The van der Waals surface area contributed by atoms with Crippen LogP contribution in [-0.2, 0) is 11.3 Å². The van der Waals surface area contributed by atoms with Crippen molar-refractivity contribution in [2.24, 2.45) is 5.73 Å². The number of carbonyl (C=O) groups is 2. The fourth-order valence-electron chi connectivity index (χ4n) is 2.27. The number of carbonyl (C=O) groups excluding carboxylic acids is 2. The predicted molar refractivity (Wildman–Crippen MR) is 95.9 cm³/mol. The average molecular weight is 346 g/mol. The lowest BCUT2D eigenvalue weighted by Crippen LogP contribution is -2.46. The van der Waals surface area contributed by atoms with Crippen LogP contribution in [0.3, 0.4) is 0 Å². The molecule has 7 heteroatoms. The number of aromatic nitrogens is 1. The van der Waals surface area contributed by atoms with Gasteiger partial charge in [-0.15, -0.1) is 11.3 Å². The van der Waals surface area contributed by atoms with E-state index in [9.17, 15) is 9.59 Å². The SMILES string of the molecule is CCCN(C(=O)c1csc(CN)n1)C(C)C(=O)Nc1ccccc1. The summed E-state index contributed by atoms with van der Waals surface area (Å²) in [4.78, 5) is 31.0. The van der Waals surface area contributed by atoms with E-state index in [-0.39, 0.29) is 11.8 Å². The average Bonchev–Trinajstić information content (AvgIpc) is 3.08. The monoisotopic (exact) mass is 346 g/mol. The van der Waals surface area contributed by atoms with E-state index in [2.05, 4.69) is 10.3 Å². The molecule has 1 unspecified atom stereocenters. The van der Waals surface area contributed by atoms with Gasteiger partial charge in [0.2, 0.25) is 5.91 Å². The van der Waals surface area contributed by atoms with Gasteiger partial charge in [-0.1, -0.05) is 25.1 Å². The van der Waals surface area contributed by atoms with Gasteiger partial charge >= 0.3 is 0 Å². The van der Waals surface area contributed by atoms with Crippen molar-refractivity contribution in [2.75, 3.05) is 11.9 Å². The summed E-state index contributed by atoms with van der Waals surface area (Å²) in [6.45, 7) is 4.48. The third kappa shape index (κ3) is 4.39. The molecule has 0 aliphatic rings. The first-order valence-corrected chi connectivity index (χ1v) is 8.76. The van der Waals surface area contributed by atoms with Crippen molar-refractivity contribution in [1.29, 1.82) is 0 Å². The third-order valence-corrected chi connectivity index (χ3v) is 4.43. The maximum atomic E-state index is 12.7. The third-order valence-electron chi connectivity index (χ3n) is 3.56. The second-order valence-electron chi connectivity index (χ2n) is 5.36. The molecule has 0 aliphatic carbocycles. The summed E-state index contributed by atoms with van der Waals surface area (Å²) in [5.74, 6) is -0.471. The first-order valence-electron chi connectivity index (χ1n) is 7.88. The Morgan fingerprint density at radius 3 is 2.62 bits per heavy atom. The van der Waals surface area contributed by atoms with Crippen molar-refractivity contribution >= 4 is 28.8 Å². The molecule has 2 amide bonds. The highest BCUT2D eigenvalue weighted by atomic mass is 32.1. The van der Waals surface area contributed by atoms with Crippen LogP contribution in [0.25, 0.3) is 0 Å². The fourth-order valence-corrected chi connectivity index (χ4v) is 2.92. The molecule has 0 saturated heterocycles. The molecule has 2 aromatic rings. The molecule has 1 atom stereocenters. The highest BCUT2D eigenvalue weighted by molar-refractivity contribution is 7.09. The number of rotatable bonds is 7. The van der Waals surface area contributed by atoms with Gasteiger partial charge in [-0.25, -0.2) is 4.98 Å². The van der Waals surface area contributed by atoms with Crippen LogP contribution in [-0.4, -0.2) is 34.3 Å². The Labute approximate surface area is 145 Å². The lowest BCUT2D eigenvalue weighted by Gasteiger charge is -2.27. The van der Waals surface area contributed by atoms with E-state index in [0.717, 1.165) is 6.42 Å². The van der Waals surface area contributed by atoms with Crippen molar-refractivity contribution in [3.05, 3.63) is 46.4 Å². The molecule has 24 heavy (non-hydrogen) atoms. The van der Waals surface area contributed by atoms with Crippen LogP contribution in [0.15, 0.2) is 35.7 Å². The van der Waals surface area contributed by atoms with Crippen LogP contribution >= 0.6 is 11.3 Å². The zero-order chi connectivity index (χ0) is 17.5. The lowest BCUT2D eigenvalue weighted by atomic mass is 10.2. The molecule has 1 aromatic heterocycles. The topological polar surface area (TPSA) is 88.3 Å². The summed E-state index contributed by atoms with van der Waals surface area (Å²) in [6, 6.07) is 8.59. The zero-order valence-corrected chi connectivity index (χ0v) is 14.7. The van der Waals surface area contributed by atoms with Crippen LogP contribution in [0, 0.1) is 0 Å². The van der Waals surface area contributed by atoms with Crippen LogP contribution < -0.4 is 11.1 Å². The van der Waals surface area contributed by atoms with Crippen molar-refractivity contribution in [1.82, 2.24) is 9.88 Å². The maximum absolute atomic E-state index is 12.7. The number of anilines is 1. The van der Waals surface area contributed by atoms with E-state index in [1.54, 1.807) is 17.2 Å². The first-order chi connectivity index (χ1) is 11.6. The second kappa shape index (κ2) is 8.56. The summed E-state index contributed by atoms with van der Waals surface area (Å²) in [5.41, 5.74) is 6.60. The normalized spacial score (nSPS) is 11.8. The number of amides is 2. The standard InChI is InChI=1S/C17H22N4O2S/c1-3-9-21(17(23)14-11-24-15(10-18)20-14)12(2)16(22)19-13-7-5-4-6-8-13/h4-8,11-12H,3,9-10,18H2,1-2H3,(H,19,22). The number of hydrogen-bond donors (Lipinski definition) is 2. The molecule has 0 bridgehead atoms. The molecule has 1 aromatic carbocycles. The van der Waals surface area contributed by atoms with Crippen LogP contribution in [0.4, 0.5) is 5.69 Å². The van der Waals surface area contributed by atoms with E-state index in [4.69, 9.17) is 5.73 Å². The number of nitrogens with zero attached hydrogens (tertiary/aromatic N) is 2. The van der Waals surface area contributed by atoms with Crippen molar-refractivity contribution < 1.29 is 9.59 Å². The van der Waals surface area contributed by atoms with Gasteiger partial charge in [-0.3, -0.25) is 9.59 Å². The molecule has 128 valence electrons. The number of nitrogens with one attached hydrogen (secondary N) is 1. The molecule has 3 N–H and O–H groups in total. The summed E-state index contributed by atoms with van der Waals surface area (Å²) < 4.78 is 0. The zero-order valence-electron chi connectivity index (χ0n) is 13.9. The smallest absolute Gasteiger partial charge is 0.274 e. The minimum Gasteiger partial charge on any atom is -0.326 e. The second-order valence-corrected chi connectivity index (χ2v) is 6.30. The van der Waals surface area contributed by atoms with Gasteiger partial charge in [0.1, 0.15) is 16.7 Å². The number of benzene rings is 1. The first kappa shape index (κ1) is 18.1. The summed E-state index contributed by atoms with van der Waals surface area (Å²) in [6.07, 6.45) is 0.753. The molecule has 0 saturated carbocycles. The Kier molecular flexibility index (Phi) is 6.45. The summed E-state index contributed by atoms with van der Waals surface area (Å²) >= 11 is 1.35. The van der Waals surface area contributed by atoms with Crippen molar-refractivity contribution in [2.45, 2.75) is 32.9 Å². The molecular formula is C17H22N4O2S.